The molecule has 4 rings (SSSR count). The fourth-order valence-corrected chi connectivity index (χ4v) is 4.73. The first kappa shape index (κ1) is 23.9. The first-order valence-electron chi connectivity index (χ1n) is 11.8. The highest BCUT2D eigenvalue weighted by Gasteiger charge is 2.35. The van der Waals surface area contributed by atoms with E-state index in [0.717, 1.165) is 80.2 Å². The van der Waals surface area contributed by atoms with Gasteiger partial charge in [-0.25, -0.2) is 9.97 Å². The Labute approximate surface area is 200 Å². The summed E-state index contributed by atoms with van der Waals surface area (Å²) in [4.78, 5) is 26.5. The predicted octanol–water partition coefficient (Wildman–Crippen LogP) is 3.01. The Bertz CT molecular complexity index is 976. The molecule has 0 bridgehead atoms. The van der Waals surface area contributed by atoms with E-state index in [4.69, 9.17) is 14.7 Å². The smallest absolute Gasteiger partial charge is 0.308 e. The zero-order valence-corrected chi connectivity index (χ0v) is 21.2. The molecule has 180 valence electrons. The lowest BCUT2D eigenvalue weighted by atomic mass is 9.95. The molecule has 0 atom stereocenters. The lowest BCUT2D eigenvalue weighted by Gasteiger charge is -2.36. The number of piperazine rings is 1. The molecule has 0 aromatic carbocycles. The molecule has 2 aromatic rings. The molecule has 0 spiro atoms. The second-order valence-corrected chi connectivity index (χ2v) is 11.0. The summed E-state index contributed by atoms with van der Waals surface area (Å²) < 4.78 is 7.67. The van der Waals surface area contributed by atoms with E-state index in [9.17, 15) is 4.79 Å². The number of thioether (sulfide) groups is 1. The topological polar surface area (TPSA) is 89.3 Å². The molecule has 2 aromatic heterocycles. The van der Waals surface area contributed by atoms with Gasteiger partial charge in [-0.2, -0.15) is 0 Å². The fraction of sp³-hybridized carbons (Fsp3) is 0.696. The Morgan fingerprint density at radius 3 is 2.48 bits per heavy atom. The van der Waals surface area contributed by atoms with Crippen molar-refractivity contribution in [2.45, 2.75) is 63.4 Å². The maximum Gasteiger partial charge on any atom is 0.308 e. The van der Waals surface area contributed by atoms with Crippen LogP contribution in [0.3, 0.4) is 0 Å². The van der Waals surface area contributed by atoms with Crippen molar-refractivity contribution in [1.29, 1.82) is 0 Å². The van der Waals surface area contributed by atoms with Gasteiger partial charge in [-0.05, 0) is 25.8 Å². The molecule has 1 saturated heterocycles. The van der Waals surface area contributed by atoms with Crippen LogP contribution >= 0.6 is 11.8 Å². The van der Waals surface area contributed by atoms with Crippen LogP contribution in [0.2, 0.25) is 0 Å². The minimum absolute atomic E-state index is 0.171. The van der Waals surface area contributed by atoms with Crippen LogP contribution in [0.1, 0.15) is 64.4 Å². The zero-order valence-electron chi connectivity index (χ0n) is 20.4. The van der Waals surface area contributed by atoms with Crippen LogP contribution in [-0.2, 0) is 17.3 Å². The van der Waals surface area contributed by atoms with Gasteiger partial charge in [-0.3, -0.25) is 9.69 Å². The number of rotatable bonds is 8. The minimum Gasteiger partial charge on any atom is -0.421 e. The van der Waals surface area contributed by atoms with Crippen LogP contribution in [-0.4, -0.2) is 74.1 Å². The third kappa shape index (κ3) is 6.03. The highest BCUT2D eigenvalue weighted by Crippen LogP contribution is 2.46. The minimum atomic E-state index is -0.315. The third-order valence-corrected chi connectivity index (χ3v) is 7.07. The second-order valence-electron chi connectivity index (χ2n) is 9.96. The van der Waals surface area contributed by atoms with Crippen molar-refractivity contribution in [3.05, 3.63) is 17.8 Å². The van der Waals surface area contributed by atoms with Crippen LogP contribution in [0, 0.1) is 0 Å². The largest absolute Gasteiger partial charge is 0.421 e. The van der Waals surface area contributed by atoms with Gasteiger partial charge in [-0.15, -0.1) is 10.2 Å². The standard InChI is InChI=1S/C23H35N7O2S/c1-16(31)32-19-18(17-7-8-17)25-21(23(2,3)4)26-20(19)30-12-10-29(11-13-30)9-6-14-33-22-27-24-15-28(22)5/h15,17H,6-14H2,1-5H3. The van der Waals surface area contributed by atoms with Gasteiger partial charge >= 0.3 is 5.97 Å². The number of ether oxygens (including phenoxy) is 1. The fourth-order valence-electron chi connectivity index (χ4n) is 3.92. The number of hydrogen-bond acceptors (Lipinski definition) is 9. The second kappa shape index (κ2) is 9.97. The van der Waals surface area contributed by atoms with Crippen molar-refractivity contribution in [2.75, 3.05) is 43.4 Å². The molecule has 33 heavy (non-hydrogen) atoms. The number of hydrogen-bond donors (Lipinski definition) is 0. The van der Waals surface area contributed by atoms with Crippen LogP contribution in [0.4, 0.5) is 5.82 Å². The van der Waals surface area contributed by atoms with Gasteiger partial charge < -0.3 is 14.2 Å². The van der Waals surface area contributed by atoms with Crippen molar-refractivity contribution >= 4 is 23.5 Å². The molecule has 3 heterocycles. The third-order valence-electron chi connectivity index (χ3n) is 5.95. The number of carbonyl (C=O) groups is 1. The lowest BCUT2D eigenvalue weighted by Crippen LogP contribution is -2.47. The van der Waals surface area contributed by atoms with Gasteiger partial charge in [0.2, 0.25) is 0 Å². The summed E-state index contributed by atoms with van der Waals surface area (Å²) in [6, 6.07) is 0. The van der Waals surface area contributed by atoms with Gasteiger partial charge in [0.05, 0.1) is 5.69 Å². The Morgan fingerprint density at radius 1 is 1.18 bits per heavy atom. The van der Waals surface area contributed by atoms with Crippen LogP contribution in [0.25, 0.3) is 0 Å². The summed E-state index contributed by atoms with van der Waals surface area (Å²) in [5.41, 5.74) is 0.735. The molecule has 10 heteroatoms. The molecule has 1 aliphatic heterocycles. The van der Waals surface area contributed by atoms with Crippen LogP contribution in [0.15, 0.2) is 11.5 Å². The quantitative estimate of drug-likeness (QED) is 0.326. The zero-order chi connectivity index (χ0) is 23.6. The van der Waals surface area contributed by atoms with Gasteiger partial charge in [0.1, 0.15) is 12.2 Å². The van der Waals surface area contributed by atoms with E-state index in [2.05, 4.69) is 40.8 Å². The monoisotopic (exact) mass is 473 g/mol. The van der Waals surface area contributed by atoms with E-state index in [1.807, 2.05) is 11.6 Å². The van der Waals surface area contributed by atoms with Gasteiger partial charge in [-0.1, -0.05) is 32.5 Å². The lowest BCUT2D eigenvalue weighted by molar-refractivity contribution is -0.131. The van der Waals surface area contributed by atoms with Gasteiger partial charge in [0.25, 0.3) is 0 Å². The average molecular weight is 474 g/mol. The molecule has 0 amide bonds. The van der Waals surface area contributed by atoms with E-state index >= 15 is 0 Å². The Balaban J connectivity index is 1.41. The highest BCUT2D eigenvalue weighted by atomic mass is 32.2. The molecule has 2 fully saturated rings. The summed E-state index contributed by atoms with van der Waals surface area (Å²) in [7, 11) is 1.97. The van der Waals surface area contributed by atoms with Gasteiger partial charge in [0.15, 0.2) is 16.7 Å². The van der Waals surface area contributed by atoms with E-state index < -0.39 is 0 Å². The normalized spacial score (nSPS) is 17.4. The van der Waals surface area contributed by atoms with E-state index in [1.54, 1.807) is 18.1 Å². The summed E-state index contributed by atoms with van der Waals surface area (Å²) in [5.74, 6) is 3.25. The summed E-state index contributed by atoms with van der Waals surface area (Å²) in [6.07, 6.45) is 5.02. The summed E-state index contributed by atoms with van der Waals surface area (Å²) >= 11 is 1.75. The Morgan fingerprint density at radius 2 is 1.91 bits per heavy atom. The van der Waals surface area contributed by atoms with E-state index in [-0.39, 0.29) is 11.4 Å². The van der Waals surface area contributed by atoms with E-state index in [1.165, 1.54) is 6.92 Å². The van der Waals surface area contributed by atoms with E-state index in [0.29, 0.717) is 11.7 Å². The average Bonchev–Trinajstić information content (AvgIpc) is 3.52. The van der Waals surface area contributed by atoms with Crippen LogP contribution < -0.4 is 9.64 Å². The predicted molar refractivity (Wildman–Crippen MR) is 129 cm³/mol. The molecule has 1 saturated carbocycles. The van der Waals surface area contributed by atoms with Crippen molar-refractivity contribution in [3.8, 4) is 5.75 Å². The molecule has 2 aliphatic rings. The maximum atomic E-state index is 11.9. The van der Waals surface area contributed by atoms with Crippen molar-refractivity contribution in [1.82, 2.24) is 29.6 Å². The Kier molecular flexibility index (Phi) is 7.23. The number of aromatic nitrogens is 5. The molecule has 9 nitrogen and oxygen atoms in total. The SMILES string of the molecule is CC(=O)Oc1c(C2CC2)nc(C(C)(C)C)nc1N1CCN(CCCSc2nncn2C)CC1. The number of carbonyl (C=O) groups excluding carboxylic acids is 1. The molecule has 0 unspecified atom stereocenters. The molecular weight excluding hydrogens is 438 g/mol. The number of anilines is 1. The first-order valence-corrected chi connectivity index (χ1v) is 12.8. The molecular formula is C23H35N7O2S. The van der Waals surface area contributed by atoms with Crippen molar-refractivity contribution in [2.24, 2.45) is 7.05 Å². The molecule has 1 aliphatic carbocycles. The summed E-state index contributed by atoms with van der Waals surface area (Å²) in [6.45, 7) is 12.5. The van der Waals surface area contributed by atoms with Crippen molar-refractivity contribution < 1.29 is 9.53 Å². The Hall–Kier alpha value is -2.20. The number of aryl methyl sites for hydroxylation is 1. The summed E-state index contributed by atoms with van der Waals surface area (Å²) in [5, 5.41) is 9.02. The number of nitrogens with zero attached hydrogens (tertiary/aromatic N) is 7. The van der Waals surface area contributed by atoms with Gasteiger partial charge in [0, 0.05) is 57.2 Å². The highest BCUT2D eigenvalue weighted by molar-refractivity contribution is 7.99. The van der Waals surface area contributed by atoms with Crippen LogP contribution in [0.5, 0.6) is 5.75 Å². The molecule has 0 radical (unpaired) electrons. The first-order chi connectivity index (χ1) is 15.7. The molecule has 0 N–H and O–H groups in total. The maximum absolute atomic E-state index is 11.9. The number of esters is 1. The van der Waals surface area contributed by atoms with Crippen molar-refractivity contribution in [3.63, 3.8) is 0 Å².